The number of hydrogen-bond acceptors (Lipinski definition) is 5. The van der Waals surface area contributed by atoms with Crippen LogP contribution >= 0.6 is 11.3 Å². The Bertz CT molecular complexity index is 540. The average molecular weight is 264 g/mol. The molecule has 0 aliphatic carbocycles. The van der Waals surface area contributed by atoms with Gasteiger partial charge in [-0.1, -0.05) is 0 Å². The summed E-state index contributed by atoms with van der Waals surface area (Å²) in [5.41, 5.74) is 1.92. The molecule has 94 valence electrons. The first-order valence-corrected chi connectivity index (χ1v) is 6.11. The summed E-state index contributed by atoms with van der Waals surface area (Å²) < 4.78 is 4.95. The van der Waals surface area contributed by atoms with Crippen molar-refractivity contribution in [1.82, 2.24) is 10.3 Å². The van der Waals surface area contributed by atoms with Gasteiger partial charge in [-0.05, 0) is 12.1 Å². The number of carbonyl (C=O) groups excluding carboxylic acids is 1. The van der Waals surface area contributed by atoms with Crippen LogP contribution in [0.25, 0.3) is 0 Å². The molecule has 0 unspecified atom stereocenters. The maximum absolute atomic E-state index is 11.8. The second-order valence-corrected chi connectivity index (χ2v) is 4.50. The van der Waals surface area contributed by atoms with Crippen molar-refractivity contribution < 1.29 is 14.6 Å². The first-order valence-electron chi connectivity index (χ1n) is 5.23. The number of ether oxygens (including phenoxy) is 1. The molecule has 2 N–H and O–H groups in total. The Balaban J connectivity index is 2.04. The maximum atomic E-state index is 11.8. The number of carbonyl (C=O) groups is 1. The van der Waals surface area contributed by atoms with E-state index in [0.717, 1.165) is 4.88 Å². The predicted octanol–water partition coefficient (Wildman–Crippen LogP) is 1.79. The second-order valence-electron chi connectivity index (χ2n) is 3.53. The fraction of sp³-hybridized carbons (Fsp3) is 0.167. The van der Waals surface area contributed by atoms with Gasteiger partial charge in [0.1, 0.15) is 11.5 Å². The van der Waals surface area contributed by atoms with Gasteiger partial charge in [0.2, 0.25) is 0 Å². The number of nitrogens with one attached hydrogen (secondary N) is 1. The van der Waals surface area contributed by atoms with Gasteiger partial charge in [0.05, 0.1) is 24.7 Å². The highest BCUT2D eigenvalue weighted by Gasteiger charge is 2.11. The summed E-state index contributed by atoms with van der Waals surface area (Å²) in [4.78, 5) is 16.7. The summed E-state index contributed by atoms with van der Waals surface area (Å²) in [6, 6.07) is 4.55. The number of benzene rings is 1. The fourth-order valence-corrected chi connectivity index (χ4v) is 1.96. The molecule has 0 aliphatic heterocycles. The van der Waals surface area contributed by atoms with E-state index in [1.165, 1.54) is 30.6 Å². The minimum atomic E-state index is -0.330. The maximum Gasteiger partial charge on any atom is 0.255 e. The van der Waals surface area contributed by atoms with E-state index in [0.29, 0.717) is 12.3 Å². The van der Waals surface area contributed by atoms with Gasteiger partial charge < -0.3 is 15.2 Å². The van der Waals surface area contributed by atoms with Gasteiger partial charge in [0, 0.05) is 17.1 Å². The minimum absolute atomic E-state index is 0.101. The molecule has 1 heterocycles. The summed E-state index contributed by atoms with van der Waals surface area (Å²) >= 11 is 1.46. The number of nitrogens with zero attached hydrogens (tertiary/aromatic N) is 1. The van der Waals surface area contributed by atoms with E-state index in [1.807, 2.05) is 0 Å². The van der Waals surface area contributed by atoms with Crippen LogP contribution in [0.4, 0.5) is 0 Å². The number of phenolic OH excluding ortho intramolecular Hbond substituents is 1. The Morgan fingerprint density at radius 1 is 1.56 bits per heavy atom. The number of hydrogen-bond donors (Lipinski definition) is 2. The topological polar surface area (TPSA) is 71.5 Å². The number of phenols is 1. The molecular weight excluding hydrogens is 252 g/mol. The third kappa shape index (κ3) is 2.78. The van der Waals surface area contributed by atoms with Crippen molar-refractivity contribution in [2.75, 3.05) is 7.11 Å². The zero-order chi connectivity index (χ0) is 13.0. The summed E-state index contributed by atoms with van der Waals surface area (Å²) in [6.45, 7) is 0.398. The Kier molecular flexibility index (Phi) is 3.78. The Morgan fingerprint density at radius 2 is 2.39 bits per heavy atom. The molecule has 5 nitrogen and oxygen atoms in total. The lowest BCUT2D eigenvalue weighted by molar-refractivity contribution is 0.0948. The number of rotatable bonds is 4. The van der Waals surface area contributed by atoms with Crippen LogP contribution in [0.2, 0.25) is 0 Å². The zero-order valence-corrected chi connectivity index (χ0v) is 10.5. The monoisotopic (exact) mass is 264 g/mol. The van der Waals surface area contributed by atoms with E-state index in [2.05, 4.69) is 10.3 Å². The van der Waals surface area contributed by atoms with E-state index in [9.17, 15) is 9.90 Å². The summed E-state index contributed by atoms with van der Waals surface area (Å²) in [6.07, 6.45) is 1.69. The number of methoxy groups -OCH3 is 1. The number of thiazole rings is 1. The third-order valence-electron chi connectivity index (χ3n) is 2.36. The molecule has 0 aliphatic rings. The van der Waals surface area contributed by atoms with Gasteiger partial charge in [-0.3, -0.25) is 9.78 Å². The molecule has 2 rings (SSSR count). The van der Waals surface area contributed by atoms with Gasteiger partial charge in [-0.2, -0.15) is 0 Å². The van der Waals surface area contributed by atoms with Crippen molar-refractivity contribution in [3.8, 4) is 11.5 Å². The van der Waals surface area contributed by atoms with E-state index in [1.54, 1.807) is 17.8 Å². The van der Waals surface area contributed by atoms with E-state index in [-0.39, 0.29) is 17.2 Å². The summed E-state index contributed by atoms with van der Waals surface area (Å²) in [7, 11) is 1.50. The SMILES string of the molecule is COc1ccc(C(=O)NCc2cncs2)c(O)c1. The lowest BCUT2D eigenvalue weighted by atomic mass is 10.2. The minimum Gasteiger partial charge on any atom is -0.507 e. The zero-order valence-electron chi connectivity index (χ0n) is 9.71. The third-order valence-corrected chi connectivity index (χ3v) is 3.14. The van der Waals surface area contributed by atoms with E-state index >= 15 is 0 Å². The summed E-state index contributed by atoms with van der Waals surface area (Å²) in [5, 5.41) is 12.4. The molecular formula is C12H12N2O3S. The van der Waals surface area contributed by atoms with Gasteiger partial charge in [0.15, 0.2) is 0 Å². The van der Waals surface area contributed by atoms with Crippen LogP contribution in [0.3, 0.4) is 0 Å². The second kappa shape index (κ2) is 5.50. The molecule has 0 fully saturated rings. The quantitative estimate of drug-likeness (QED) is 0.883. The molecule has 0 radical (unpaired) electrons. The highest BCUT2D eigenvalue weighted by Crippen LogP contribution is 2.23. The van der Waals surface area contributed by atoms with Gasteiger partial charge in [-0.15, -0.1) is 11.3 Å². The van der Waals surface area contributed by atoms with Crippen LogP contribution in [-0.4, -0.2) is 23.1 Å². The fourth-order valence-electron chi connectivity index (χ4n) is 1.42. The molecule has 0 spiro atoms. The van der Waals surface area contributed by atoms with Crippen LogP contribution in [0.5, 0.6) is 11.5 Å². The van der Waals surface area contributed by atoms with E-state index < -0.39 is 0 Å². The van der Waals surface area contributed by atoms with Crippen molar-refractivity contribution >= 4 is 17.2 Å². The van der Waals surface area contributed by atoms with Crippen molar-refractivity contribution in [2.24, 2.45) is 0 Å². The van der Waals surface area contributed by atoms with Crippen LogP contribution in [0, 0.1) is 0 Å². The Hall–Kier alpha value is -2.08. The van der Waals surface area contributed by atoms with E-state index in [4.69, 9.17) is 4.74 Å². The molecule has 2 aromatic rings. The smallest absolute Gasteiger partial charge is 0.255 e. The molecule has 0 bridgehead atoms. The first kappa shape index (κ1) is 12.4. The Morgan fingerprint density at radius 3 is 3.00 bits per heavy atom. The number of aromatic nitrogens is 1. The number of amides is 1. The van der Waals surface area contributed by atoms with Crippen LogP contribution in [0.15, 0.2) is 29.9 Å². The van der Waals surface area contributed by atoms with Crippen LogP contribution in [-0.2, 0) is 6.54 Å². The molecule has 1 aromatic heterocycles. The molecule has 1 aromatic carbocycles. The van der Waals surface area contributed by atoms with Crippen molar-refractivity contribution in [3.05, 3.63) is 40.3 Å². The average Bonchev–Trinajstić information content (AvgIpc) is 2.88. The highest BCUT2D eigenvalue weighted by atomic mass is 32.1. The van der Waals surface area contributed by atoms with Crippen molar-refractivity contribution in [2.45, 2.75) is 6.54 Å². The highest BCUT2D eigenvalue weighted by molar-refractivity contribution is 7.09. The molecule has 0 atom stereocenters. The lowest BCUT2D eigenvalue weighted by Crippen LogP contribution is -2.22. The largest absolute Gasteiger partial charge is 0.507 e. The first-order chi connectivity index (χ1) is 8.70. The van der Waals surface area contributed by atoms with Crippen molar-refractivity contribution in [1.29, 1.82) is 0 Å². The summed E-state index contributed by atoms with van der Waals surface area (Å²) in [5.74, 6) is 0.0752. The molecule has 6 heteroatoms. The van der Waals surface area contributed by atoms with Gasteiger partial charge >= 0.3 is 0 Å². The molecule has 0 saturated heterocycles. The normalized spacial score (nSPS) is 10.1. The Labute approximate surface area is 108 Å². The number of aromatic hydroxyl groups is 1. The molecule has 1 amide bonds. The molecule has 18 heavy (non-hydrogen) atoms. The predicted molar refractivity (Wildman–Crippen MR) is 67.9 cm³/mol. The van der Waals surface area contributed by atoms with Gasteiger partial charge in [0.25, 0.3) is 5.91 Å². The van der Waals surface area contributed by atoms with Gasteiger partial charge in [-0.25, -0.2) is 0 Å². The van der Waals surface area contributed by atoms with Crippen molar-refractivity contribution in [3.63, 3.8) is 0 Å². The standard InChI is InChI=1S/C12H12N2O3S/c1-17-8-2-3-10(11(15)4-8)12(16)14-6-9-5-13-7-18-9/h2-5,7,15H,6H2,1H3,(H,14,16). The van der Waals surface area contributed by atoms with Crippen LogP contribution in [0.1, 0.15) is 15.2 Å². The lowest BCUT2D eigenvalue weighted by Gasteiger charge is -2.07. The molecule has 0 saturated carbocycles. The van der Waals surface area contributed by atoms with Crippen LogP contribution < -0.4 is 10.1 Å².